The van der Waals surface area contributed by atoms with Crippen LogP contribution in [0.5, 0.6) is 11.5 Å². The summed E-state index contributed by atoms with van der Waals surface area (Å²) < 4.78 is 15.5. The van der Waals surface area contributed by atoms with E-state index in [1.165, 1.54) is 0 Å². The zero-order chi connectivity index (χ0) is 15.9. The number of carbonyl (C=O) groups is 1. The lowest BCUT2D eigenvalue weighted by Gasteiger charge is -2.09. The Hall–Kier alpha value is -1.91. The molecular weight excluding hydrogens is 327 g/mol. The minimum atomic E-state index is -0.484. The molecule has 2 rings (SSSR count). The average molecular weight is 341 g/mol. The molecule has 0 aliphatic carbocycles. The first kappa shape index (κ1) is 16.5. The number of hydrogen-bond acceptors (Lipinski definition) is 4. The molecule has 6 heteroatoms. The lowest BCUT2D eigenvalue weighted by Crippen LogP contribution is -2.14. The van der Waals surface area contributed by atoms with Gasteiger partial charge in [-0.25, -0.2) is 4.79 Å². The monoisotopic (exact) mass is 340 g/mol. The van der Waals surface area contributed by atoms with E-state index in [9.17, 15) is 4.79 Å². The number of esters is 1. The number of ether oxygens (including phenoxy) is 3. The number of rotatable bonds is 6. The van der Waals surface area contributed by atoms with E-state index in [4.69, 9.17) is 37.4 Å². The minimum absolute atomic E-state index is 0.0702. The van der Waals surface area contributed by atoms with Crippen LogP contribution in [0.1, 0.15) is 5.56 Å². The maximum atomic E-state index is 11.6. The second-order valence-corrected chi connectivity index (χ2v) is 5.20. The Morgan fingerprint density at radius 2 is 1.73 bits per heavy atom. The molecule has 0 aromatic heterocycles. The molecular formula is C16H14Cl2O4. The molecule has 0 bridgehead atoms. The molecule has 0 aliphatic rings. The van der Waals surface area contributed by atoms with Crippen molar-refractivity contribution in [3.8, 4) is 11.5 Å². The summed E-state index contributed by atoms with van der Waals surface area (Å²) in [7, 11) is 1.58. The van der Waals surface area contributed by atoms with E-state index in [2.05, 4.69) is 0 Å². The van der Waals surface area contributed by atoms with E-state index in [1.54, 1.807) is 49.6 Å². The van der Waals surface area contributed by atoms with Crippen molar-refractivity contribution in [2.45, 2.75) is 6.61 Å². The van der Waals surface area contributed by atoms with Gasteiger partial charge in [-0.05, 0) is 36.4 Å². The van der Waals surface area contributed by atoms with Gasteiger partial charge in [0.25, 0.3) is 0 Å². The second-order valence-electron chi connectivity index (χ2n) is 4.36. The first-order valence-electron chi connectivity index (χ1n) is 6.45. The first-order chi connectivity index (χ1) is 10.6. The number of halogens is 2. The quantitative estimate of drug-likeness (QED) is 0.742. The van der Waals surface area contributed by atoms with Crippen molar-refractivity contribution in [1.29, 1.82) is 0 Å². The summed E-state index contributed by atoms with van der Waals surface area (Å²) in [5, 5.41) is 0.985. The Kier molecular flexibility index (Phi) is 5.92. The summed E-state index contributed by atoms with van der Waals surface area (Å²) in [6, 6.07) is 11.9. The lowest BCUT2D eigenvalue weighted by atomic mass is 10.2. The van der Waals surface area contributed by atoms with E-state index < -0.39 is 5.97 Å². The molecule has 0 radical (unpaired) electrons. The van der Waals surface area contributed by atoms with Gasteiger partial charge in [-0.2, -0.15) is 0 Å². The fourth-order valence-electron chi connectivity index (χ4n) is 1.65. The number of methoxy groups -OCH3 is 1. The highest BCUT2D eigenvalue weighted by Crippen LogP contribution is 2.21. The maximum absolute atomic E-state index is 11.6. The van der Waals surface area contributed by atoms with Crippen LogP contribution in [-0.2, 0) is 16.1 Å². The predicted octanol–water partition coefficient (Wildman–Crippen LogP) is 4.12. The van der Waals surface area contributed by atoms with Crippen molar-refractivity contribution < 1.29 is 19.0 Å². The Balaban J connectivity index is 1.80. The van der Waals surface area contributed by atoms with Crippen LogP contribution >= 0.6 is 23.2 Å². The molecule has 0 heterocycles. The number of carbonyl (C=O) groups excluding carboxylic acids is 1. The highest BCUT2D eigenvalue weighted by Gasteiger charge is 2.07. The SMILES string of the molecule is COc1ccc(OCC(=O)OCc2ccc(Cl)cc2Cl)cc1. The summed E-state index contributed by atoms with van der Waals surface area (Å²) in [5.41, 5.74) is 0.684. The normalized spacial score (nSPS) is 10.1. The topological polar surface area (TPSA) is 44.8 Å². The fraction of sp³-hybridized carbons (Fsp3) is 0.188. The first-order valence-corrected chi connectivity index (χ1v) is 7.20. The molecule has 0 saturated heterocycles. The molecule has 0 fully saturated rings. The van der Waals surface area contributed by atoms with Gasteiger partial charge >= 0.3 is 5.97 Å². The highest BCUT2D eigenvalue weighted by molar-refractivity contribution is 6.35. The third kappa shape index (κ3) is 4.83. The van der Waals surface area contributed by atoms with E-state index in [-0.39, 0.29) is 13.2 Å². The second kappa shape index (κ2) is 7.92. The maximum Gasteiger partial charge on any atom is 0.344 e. The molecule has 0 saturated carbocycles. The van der Waals surface area contributed by atoms with Gasteiger partial charge in [0.1, 0.15) is 18.1 Å². The van der Waals surface area contributed by atoms with Gasteiger partial charge in [-0.15, -0.1) is 0 Å². The molecule has 2 aromatic carbocycles. The lowest BCUT2D eigenvalue weighted by molar-refractivity contribution is -0.147. The predicted molar refractivity (Wildman–Crippen MR) is 84.7 cm³/mol. The van der Waals surface area contributed by atoms with Gasteiger partial charge in [0.05, 0.1) is 7.11 Å². The average Bonchev–Trinajstić information content (AvgIpc) is 2.52. The van der Waals surface area contributed by atoms with Crippen LogP contribution in [-0.4, -0.2) is 19.7 Å². The van der Waals surface area contributed by atoms with Gasteiger partial charge in [-0.3, -0.25) is 0 Å². The molecule has 0 unspecified atom stereocenters. The van der Waals surface area contributed by atoms with Crippen LogP contribution in [0.4, 0.5) is 0 Å². The van der Waals surface area contributed by atoms with Gasteiger partial charge in [0, 0.05) is 15.6 Å². The molecule has 0 amide bonds. The third-order valence-corrected chi connectivity index (χ3v) is 3.41. The van der Waals surface area contributed by atoms with Crippen LogP contribution in [0.2, 0.25) is 10.0 Å². The summed E-state index contributed by atoms with van der Waals surface area (Å²) >= 11 is 11.8. The zero-order valence-electron chi connectivity index (χ0n) is 11.8. The molecule has 116 valence electrons. The summed E-state index contributed by atoms with van der Waals surface area (Å²) in [6.07, 6.45) is 0. The molecule has 0 aliphatic heterocycles. The number of hydrogen-bond donors (Lipinski definition) is 0. The zero-order valence-corrected chi connectivity index (χ0v) is 13.4. The smallest absolute Gasteiger partial charge is 0.344 e. The molecule has 22 heavy (non-hydrogen) atoms. The largest absolute Gasteiger partial charge is 0.497 e. The fourth-order valence-corrected chi connectivity index (χ4v) is 2.12. The Morgan fingerprint density at radius 3 is 2.36 bits per heavy atom. The molecule has 0 atom stereocenters. The summed E-state index contributed by atoms with van der Waals surface area (Å²) in [4.78, 5) is 11.6. The van der Waals surface area contributed by atoms with E-state index >= 15 is 0 Å². The van der Waals surface area contributed by atoms with Crippen molar-refractivity contribution in [3.63, 3.8) is 0 Å². The van der Waals surface area contributed by atoms with Crippen molar-refractivity contribution >= 4 is 29.2 Å². The van der Waals surface area contributed by atoms with E-state index in [0.29, 0.717) is 27.1 Å². The van der Waals surface area contributed by atoms with Crippen LogP contribution in [0.15, 0.2) is 42.5 Å². The van der Waals surface area contributed by atoms with Crippen LogP contribution in [0.3, 0.4) is 0 Å². The van der Waals surface area contributed by atoms with Gasteiger partial charge in [0.2, 0.25) is 0 Å². The van der Waals surface area contributed by atoms with Crippen LogP contribution < -0.4 is 9.47 Å². The van der Waals surface area contributed by atoms with Gasteiger partial charge in [-0.1, -0.05) is 29.3 Å². The Morgan fingerprint density at radius 1 is 1.05 bits per heavy atom. The van der Waals surface area contributed by atoms with Crippen molar-refractivity contribution in [2.75, 3.05) is 13.7 Å². The van der Waals surface area contributed by atoms with Crippen LogP contribution in [0, 0.1) is 0 Å². The Labute approximate surface area is 138 Å². The highest BCUT2D eigenvalue weighted by atomic mass is 35.5. The van der Waals surface area contributed by atoms with E-state index in [1.807, 2.05) is 0 Å². The molecule has 2 aromatic rings. The van der Waals surface area contributed by atoms with Crippen molar-refractivity contribution in [2.24, 2.45) is 0 Å². The van der Waals surface area contributed by atoms with Gasteiger partial charge in [0.15, 0.2) is 6.61 Å². The molecule has 0 spiro atoms. The summed E-state index contributed by atoms with van der Waals surface area (Å²) in [6.45, 7) is -0.113. The minimum Gasteiger partial charge on any atom is -0.497 e. The van der Waals surface area contributed by atoms with Crippen molar-refractivity contribution in [1.82, 2.24) is 0 Å². The Bertz CT molecular complexity index is 641. The van der Waals surface area contributed by atoms with Crippen molar-refractivity contribution in [3.05, 3.63) is 58.1 Å². The standard InChI is InChI=1S/C16H14Cl2O4/c1-20-13-4-6-14(7-5-13)21-10-16(19)22-9-11-2-3-12(17)8-15(11)18/h2-8H,9-10H2,1H3. The molecule has 0 N–H and O–H groups in total. The van der Waals surface area contributed by atoms with E-state index in [0.717, 1.165) is 0 Å². The molecule has 4 nitrogen and oxygen atoms in total. The van der Waals surface area contributed by atoms with Crippen LogP contribution in [0.25, 0.3) is 0 Å². The van der Waals surface area contributed by atoms with Gasteiger partial charge < -0.3 is 14.2 Å². The summed E-state index contributed by atoms with van der Waals surface area (Å²) in [5.74, 6) is 0.788. The number of benzene rings is 2. The third-order valence-electron chi connectivity index (χ3n) is 2.82.